The van der Waals surface area contributed by atoms with Gasteiger partial charge in [-0.15, -0.1) is 11.3 Å². The molecule has 0 unspecified atom stereocenters. The first-order valence-electron chi connectivity index (χ1n) is 10.0. The van der Waals surface area contributed by atoms with E-state index < -0.39 is 0 Å². The maximum Gasteiger partial charge on any atom is 0.211 e. The number of nitrogens with one attached hydrogen (secondary N) is 1. The molecule has 0 aliphatic heterocycles. The lowest BCUT2D eigenvalue weighted by atomic mass is 10.0. The van der Waals surface area contributed by atoms with Crippen molar-refractivity contribution in [2.45, 2.75) is 0 Å². The van der Waals surface area contributed by atoms with Crippen LogP contribution in [0.4, 0.5) is 5.69 Å². The number of nitrogens with zero attached hydrogens (tertiary/aromatic N) is 3. The Bertz CT molecular complexity index is 1340. The molecule has 0 amide bonds. The molecule has 0 saturated carbocycles. The second kappa shape index (κ2) is 8.81. The highest BCUT2D eigenvalue weighted by molar-refractivity contribution is 7.07. The standard InChI is InChI=1S/C26H20N4S/c1-3-8-20(9-4-1)21-13-15-22(16-14-21)25-19-31-26(29-23-10-5-2-6-11-23)30(25)28-18-24-12-7-17-27-24/h1-19,27H. The minimum absolute atomic E-state index is 0.816. The second-order valence-corrected chi connectivity index (χ2v) is 7.81. The van der Waals surface area contributed by atoms with Gasteiger partial charge in [-0.25, -0.2) is 9.67 Å². The topological polar surface area (TPSA) is 45.4 Å². The lowest BCUT2D eigenvalue weighted by Gasteiger charge is -2.06. The van der Waals surface area contributed by atoms with Gasteiger partial charge in [0.1, 0.15) is 0 Å². The molecule has 5 aromatic rings. The molecule has 0 fully saturated rings. The van der Waals surface area contributed by atoms with Gasteiger partial charge in [0.2, 0.25) is 4.80 Å². The van der Waals surface area contributed by atoms with Gasteiger partial charge in [-0.1, -0.05) is 72.8 Å². The molecule has 4 nitrogen and oxygen atoms in total. The first kappa shape index (κ1) is 19.0. The van der Waals surface area contributed by atoms with Crippen molar-refractivity contribution in [1.29, 1.82) is 0 Å². The molecular formula is C26H20N4S. The predicted octanol–water partition coefficient (Wildman–Crippen LogP) is 6.33. The van der Waals surface area contributed by atoms with Crippen LogP contribution in [0.2, 0.25) is 0 Å². The predicted molar refractivity (Wildman–Crippen MR) is 129 cm³/mol. The smallest absolute Gasteiger partial charge is 0.211 e. The lowest BCUT2D eigenvalue weighted by Crippen LogP contribution is -2.11. The molecule has 1 N–H and O–H groups in total. The second-order valence-electron chi connectivity index (χ2n) is 6.98. The van der Waals surface area contributed by atoms with E-state index in [4.69, 9.17) is 10.1 Å². The number of benzene rings is 3. The van der Waals surface area contributed by atoms with Crippen LogP contribution in [0.1, 0.15) is 5.69 Å². The fourth-order valence-corrected chi connectivity index (χ4v) is 4.16. The number of hydrogen-bond acceptors (Lipinski definition) is 3. The maximum atomic E-state index is 4.81. The third-order valence-electron chi connectivity index (χ3n) is 4.89. The van der Waals surface area contributed by atoms with Crippen LogP contribution >= 0.6 is 11.3 Å². The molecule has 5 heteroatoms. The van der Waals surface area contributed by atoms with Crippen molar-refractivity contribution in [3.05, 3.63) is 119 Å². The Balaban J connectivity index is 1.57. The molecule has 3 aromatic carbocycles. The highest BCUT2D eigenvalue weighted by Gasteiger charge is 2.08. The fraction of sp³-hybridized carbons (Fsp3) is 0. The molecule has 2 aromatic heterocycles. The molecule has 0 aliphatic rings. The minimum atomic E-state index is 0.816. The summed E-state index contributed by atoms with van der Waals surface area (Å²) in [6.07, 6.45) is 3.71. The highest BCUT2D eigenvalue weighted by atomic mass is 32.1. The van der Waals surface area contributed by atoms with E-state index in [1.165, 1.54) is 11.1 Å². The molecule has 0 bridgehead atoms. The number of para-hydroxylation sites is 1. The van der Waals surface area contributed by atoms with Gasteiger partial charge < -0.3 is 4.98 Å². The van der Waals surface area contributed by atoms with E-state index in [1.807, 2.05) is 65.6 Å². The van der Waals surface area contributed by atoms with E-state index in [9.17, 15) is 0 Å². The van der Waals surface area contributed by atoms with Crippen LogP contribution in [0.25, 0.3) is 22.4 Å². The first-order valence-corrected chi connectivity index (χ1v) is 10.9. The SMILES string of the molecule is C(=Nn1c(-c2ccc(-c3ccccc3)cc2)csc1=Nc1ccccc1)c1ccc[nH]1. The third-order valence-corrected chi connectivity index (χ3v) is 5.70. The summed E-state index contributed by atoms with van der Waals surface area (Å²) in [7, 11) is 0. The van der Waals surface area contributed by atoms with Gasteiger partial charge in [0, 0.05) is 17.1 Å². The van der Waals surface area contributed by atoms with Gasteiger partial charge >= 0.3 is 0 Å². The average Bonchev–Trinajstić information content (AvgIpc) is 3.49. The number of hydrogen-bond donors (Lipinski definition) is 1. The van der Waals surface area contributed by atoms with E-state index >= 15 is 0 Å². The zero-order valence-corrected chi connectivity index (χ0v) is 17.5. The monoisotopic (exact) mass is 420 g/mol. The summed E-state index contributed by atoms with van der Waals surface area (Å²) < 4.78 is 1.90. The number of aromatic amines is 1. The van der Waals surface area contributed by atoms with Crippen molar-refractivity contribution >= 4 is 23.2 Å². The van der Waals surface area contributed by atoms with E-state index in [0.29, 0.717) is 0 Å². The fourth-order valence-electron chi connectivity index (χ4n) is 3.31. The van der Waals surface area contributed by atoms with Crippen LogP contribution in [-0.2, 0) is 0 Å². The third kappa shape index (κ3) is 4.32. The quantitative estimate of drug-likeness (QED) is 0.323. The molecule has 5 rings (SSSR count). The van der Waals surface area contributed by atoms with Crippen molar-refractivity contribution in [3.63, 3.8) is 0 Å². The van der Waals surface area contributed by atoms with Gasteiger partial charge in [0.25, 0.3) is 0 Å². The summed E-state index contributed by atoms with van der Waals surface area (Å²) in [6.45, 7) is 0. The van der Waals surface area contributed by atoms with Crippen molar-refractivity contribution in [3.8, 4) is 22.4 Å². The van der Waals surface area contributed by atoms with Crippen LogP contribution in [0.3, 0.4) is 0 Å². The summed E-state index contributed by atoms with van der Waals surface area (Å²) in [5.74, 6) is 0. The zero-order chi connectivity index (χ0) is 20.9. The average molecular weight is 421 g/mol. The Kier molecular flexibility index (Phi) is 5.41. The molecule has 0 aliphatic carbocycles. The van der Waals surface area contributed by atoms with Crippen molar-refractivity contribution < 1.29 is 0 Å². The molecule has 0 spiro atoms. The molecule has 0 radical (unpaired) electrons. The summed E-state index contributed by atoms with van der Waals surface area (Å²) in [5.41, 5.74) is 6.33. The van der Waals surface area contributed by atoms with Crippen LogP contribution in [0, 0.1) is 0 Å². The van der Waals surface area contributed by atoms with Crippen molar-refractivity contribution in [2.75, 3.05) is 0 Å². The number of aromatic nitrogens is 2. The first-order chi connectivity index (χ1) is 15.4. The number of H-pyrrole nitrogens is 1. The minimum Gasteiger partial charge on any atom is -0.360 e. The molecule has 150 valence electrons. The number of rotatable bonds is 5. The lowest BCUT2D eigenvalue weighted by molar-refractivity contribution is 0.854. The Morgan fingerprint density at radius 2 is 1.39 bits per heavy atom. The van der Waals surface area contributed by atoms with Gasteiger partial charge in [-0.05, 0) is 35.4 Å². The van der Waals surface area contributed by atoms with Gasteiger partial charge in [0.05, 0.1) is 23.3 Å². The molecule has 31 heavy (non-hydrogen) atoms. The molecule has 2 heterocycles. The van der Waals surface area contributed by atoms with Crippen LogP contribution in [-0.4, -0.2) is 15.9 Å². The van der Waals surface area contributed by atoms with Gasteiger partial charge in [-0.3, -0.25) is 0 Å². The molecule has 0 saturated heterocycles. The van der Waals surface area contributed by atoms with Gasteiger partial charge in [-0.2, -0.15) is 5.10 Å². The number of thiazole rings is 1. The normalized spacial score (nSPS) is 11.9. The Morgan fingerprint density at radius 1 is 0.710 bits per heavy atom. The van der Waals surface area contributed by atoms with Crippen LogP contribution in [0.5, 0.6) is 0 Å². The summed E-state index contributed by atoms with van der Waals surface area (Å²) >= 11 is 1.58. The van der Waals surface area contributed by atoms with Gasteiger partial charge in [0.15, 0.2) is 0 Å². The highest BCUT2D eigenvalue weighted by Crippen LogP contribution is 2.25. The van der Waals surface area contributed by atoms with Crippen molar-refractivity contribution in [2.24, 2.45) is 10.1 Å². The van der Waals surface area contributed by atoms with E-state index in [2.05, 4.69) is 58.9 Å². The van der Waals surface area contributed by atoms with E-state index in [1.54, 1.807) is 11.3 Å². The Labute approximate surface area is 184 Å². The van der Waals surface area contributed by atoms with E-state index in [0.717, 1.165) is 27.4 Å². The van der Waals surface area contributed by atoms with Crippen molar-refractivity contribution in [1.82, 2.24) is 9.66 Å². The molecule has 0 atom stereocenters. The summed E-state index contributed by atoms with van der Waals surface area (Å²) in [5, 5.41) is 6.84. The van der Waals surface area contributed by atoms with Crippen LogP contribution in [0.15, 0.2) is 119 Å². The molecular weight excluding hydrogens is 400 g/mol. The Hall–Kier alpha value is -3.96. The summed E-state index contributed by atoms with van der Waals surface area (Å²) in [6, 6.07) is 32.9. The largest absolute Gasteiger partial charge is 0.360 e. The summed E-state index contributed by atoms with van der Waals surface area (Å²) in [4.78, 5) is 8.79. The van der Waals surface area contributed by atoms with Crippen LogP contribution < -0.4 is 4.80 Å². The Morgan fingerprint density at radius 3 is 2.10 bits per heavy atom. The van der Waals surface area contributed by atoms with E-state index in [-0.39, 0.29) is 0 Å². The maximum absolute atomic E-state index is 4.81. The zero-order valence-electron chi connectivity index (χ0n) is 16.7.